The van der Waals surface area contributed by atoms with Gasteiger partial charge in [-0.15, -0.1) is 0 Å². The van der Waals surface area contributed by atoms with Crippen molar-refractivity contribution < 1.29 is 19.1 Å². The molecule has 0 radical (unpaired) electrons. The van der Waals surface area contributed by atoms with Crippen LogP contribution in [0, 0.1) is 0 Å². The lowest BCUT2D eigenvalue weighted by atomic mass is 10.2. The third kappa shape index (κ3) is 4.81. The van der Waals surface area contributed by atoms with Gasteiger partial charge in [-0.05, 0) is 17.7 Å². The van der Waals surface area contributed by atoms with Crippen LogP contribution in [0.25, 0.3) is 0 Å². The first-order valence-electron chi connectivity index (χ1n) is 4.05. The average molecular weight is 210 g/mol. The van der Waals surface area contributed by atoms with Crippen LogP contribution in [0.3, 0.4) is 0 Å². The maximum Gasteiger partial charge on any atom is 0.308 e. The van der Waals surface area contributed by atoms with Crippen LogP contribution < -0.4 is 4.74 Å². The predicted octanol–water partition coefficient (Wildman–Crippen LogP) is 1.92. The van der Waals surface area contributed by atoms with Crippen LogP contribution in [0.5, 0.6) is 5.75 Å². The lowest BCUT2D eigenvalue weighted by molar-refractivity contribution is -0.132. The molecule has 4 nitrogen and oxygen atoms in total. The smallest absolute Gasteiger partial charge is 0.308 e. The molecule has 1 rings (SSSR count). The van der Waals surface area contributed by atoms with Crippen molar-refractivity contribution in [2.45, 2.75) is 21.0 Å². The fraction of sp³-hybridized carbons (Fsp3) is 0.273. The summed E-state index contributed by atoms with van der Waals surface area (Å²) in [7, 11) is 0. The van der Waals surface area contributed by atoms with E-state index in [0.717, 1.165) is 5.56 Å². The number of carbonyl (C=O) groups excluding carboxylic acids is 2. The summed E-state index contributed by atoms with van der Waals surface area (Å²) in [6.07, 6.45) is 0. The Morgan fingerprint density at radius 3 is 2.40 bits per heavy atom. The molecule has 4 heteroatoms. The minimum Gasteiger partial charge on any atom is -0.463 e. The summed E-state index contributed by atoms with van der Waals surface area (Å²) in [4.78, 5) is 20.5. The van der Waals surface area contributed by atoms with E-state index in [0.29, 0.717) is 12.2 Å². The van der Waals surface area contributed by atoms with Crippen LogP contribution in [0.15, 0.2) is 24.3 Å². The molecule has 0 unspecified atom stereocenters. The molecule has 1 aromatic carbocycles. The Balaban J connectivity index is 0.00000196. The Morgan fingerprint density at radius 1 is 1.33 bits per heavy atom. The van der Waals surface area contributed by atoms with E-state index >= 15 is 0 Å². The standard InChI is InChI=1S/C10H10O4.CH4/c1-8(12)14-10-4-2-9(3-5-10)6-13-7-11;/h2-5,7H,6H2,1H3;1H4. The molecule has 0 aliphatic heterocycles. The van der Waals surface area contributed by atoms with Gasteiger partial charge in [0.05, 0.1) is 0 Å². The molecule has 0 saturated heterocycles. The predicted molar refractivity (Wildman–Crippen MR) is 55.3 cm³/mol. The molecule has 0 atom stereocenters. The van der Waals surface area contributed by atoms with E-state index in [1.165, 1.54) is 6.92 Å². The van der Waals surface area contributed by atoms with Crippen LogP contribution in [0.2, 0.25) is 0 Å². The Morgan fingerprint density at radius 2 is 1.93 bits per heavy atom. The number of hydrogen-bond donors (Lipinski definition) is 0. The first-order chi connectivity index (χ1) is 6.72. The summed E-state index contributed by atoms with van der Waals surface area (Å²) >= 11 is 0. The molecule has 0 aromatic heterocycles. The molecule has 1 aromatic rings. The van der Waals surface area contributed by atoms with E-state index in [1.54, 1.807) is 24.3 Å². The average Bonchev–Trinajstić information content (AvgIpc) is 2.16. The molecule has 0 amide bonds. The quantitative estimate of drug-likeness (QED) is 0.433. The second-order valence-corrected chi connectivity index (χ2v) is 2.64. The van der Waals surface area contributed by atoms with Crippen molar-refractivity contribution >= 4 is 12.4 Å². The second-order valence-electron chi connectivity index (χ2n) is 2.64. The summed E-state index contributed by atoms with van der Waals surface area (Å²) in [5.41, 5.74) is 0.841. The largest absolute Gasteiger partial charge is 0.463 e. The van der Waals surface area contributed by atoms with E-state index in [9.17, 15) is 9.59 Å². The molecule has 0 fully saturated rings. The van der Waals surface area contributed by atoms with Gasteiger partial charge in [0.15, 0.2) is 0 Å². The van der Waals surface area contributed by atoms with Crippen LogP contribution in [-0.4, -0.2) is 12.4 Å². The minimum atomic E-state index is -0.359. The van der Waals surface area contributed by atoms with Crippen molar-refractivity contribution in [3.8, 4) is 5.75 Å². The van der Waals surface area contributed by atoms with Gasteiger partial charge in [0, 0.05) is 6.92 Å². The van der Waals surface area contributed by atoms with Crippen molar-refractivity contribution in [1.29, 1.82) is 0 Å². The summed E-state index contributed by atoms with van der Waals surface area (Å²) in [5, 5.41) is 0. The first-order valence-corrected chi connectivity index (χ1v) is 4.05. The van der Waals surface area contributed by atoms with Gasteiger partial charge in [-0.1, -0.05) is 19.6 Å². The Labute approximate surface area is 88.8 Å². The van der Waals surface area contributed by atoms with Gasteiger partial charge in [0.25, 0.3) is 6.47 Å². The van der Waals surface area contributed by atoms with Crippen LogP contribution >= 0.6 is 0 Å². The number of hydrogen-bond acceptors (Lipinski definition) is 4. The van der Waals surface area contributed by atoms with Crippen molar-refractivity contribution in [2.24, 2.45) is 0 Å². The monoisotopic (exact) mass is 210 g/mol. The second kappa shape index (κ2) is 6.59. The molecule has 0 saturated carbocycles. The topological polar surface area (TPSA) is 52.6 Å². The molecule has 82 valence electrons. The molecule has 0 aliphatic carbocycles. The Kier molecular flexibility index (Phi) is 5.78. The maximum atomic E-state index is 10.6. The summed E-state index contributed by atoms with van der Waals surface area (Å²) < 4.78 is 9.38. The number of carbonyl (C=O) groups is 2. The molecule has 0 spiro atoms. The molecule has 0 heterocycles. The highest BCUT2D eigenvalue weighted by atomic mass is 16.5. The van der Waals surface area contributed by atoms with Gasteiger partial charge < -0.3 is 9.47 Å². The lowest BCUT2D eigenvalue weighted by Gasteiger charge is -2.02. The van der Waals surface area contributed by atoms with E-state index < -0.39 is 0 Å². The highest BCUT2D eigenvalue weighted by Crippen LogP contribution is 2.12. The highest BCUT2D eigenvalue weighted by molar-refractivity contribution is 5.69. The first kappa shape index (κ1) is 13.2. The van der Waals surface area contributed by atoms with Gasteiger partial charge in [0.1, 0.15) is 12.4 Å². The fourth-order valence-corrected chi connectivity index (χ4v) is 0.950. The normalized spacial score (nSPS) is 8.60. The Hall–Kier alpha value is -1.84. The van der Waals surface area contributed by atoms with E-state index in [4.69, 9.17) is 4.74 Å². The molecule has 0 bridgehead atoms. The molecule has 0 N–H and O–H groups in total. The zero-order valence-corrected chi connectivity index (χ0v) is 7.73. The van der Waals surface area contributed by atoms with Crippen molar-refractivity contribution in [3.63, 3.8) is 0 Å². The van der Waals surface area contributed by atoms with E-state index in [1.807, 2.05) is 0 Å². The molecule has 15 heavy (non-hydrogen) atoms. The number of esters is 1. The van der Waals surface area contributed by atoms with Crippen molar-refractivity contribution in [3.05, 3.63) is 29.8 Å². The zero-order chi connectivity index (χ0) is 10.4. The van der Waals surface area contributed by atoms with E-state index in [-0.39, 0.29) is 20.0 Å². The molecular weight excluding hydrogens is 196 g/mol. The van der Waals surface area contributed by atoms with Gasteiger partial charge in [-0.2, -0.15) is 0 Å². The fourth-order valence-electron chi connectivity index (χ4n) is 0.950. The zero-order valence-electron chi connectivity index (χ0n) is 7.73. The number of ether oxygens (including phenoxy) is 2. The van der Waals surface area contributed by atoms with Gasteiger partial charge >= 0.3 is 5.97 Å². The number of benzene rings is 1. The van der Waals surface area contributed by atoms with Crippen molar-refractivity contribution in [1.82, 2.24) is 0 Å². The molecule has 0 aliphatic rings. The van der Waals surface area contributed by atoms with Gasteiger partial charge in [0.2, 0.25) is 0 Å². The summed E-state index contributed by atoms with van der Waals surface area (Å²) in [6, 6.07) is 6.74. The molecular formula is C11H14O4. The summed E-state index contributed by atoms with van der Waals surface area (Å²) in [6.45, 7) is 1.95. The maximum absolute atomic E-state index is 10.6. The minimum absolute atomic E-state index is 0. The SMILES string of the molecule is C.CC(=O)Oc1ccc(COC=O)cc1. The van der Waals surface area contributed by atoms with Crippen LogP contribution in [0.1, 0.15) is 19.9 Å². The summed E-state index contributed by atoms with van der Waals surface area (Å²) in [5.74, 6) is 0.120. The van der Waals surface area contributed by atoms with Crippen LogP contribution in [0.4, 0.5) is 0 Å². The third-order valence-corrected chi connectivity index (χ3v) is 1.50. The van der Waals surface area contributed by atoms with Crippen molar-refractivity contribution in [2.75, 3.05) is 0 Å². The number of rotatable bonds is 4. The van der Waals surface area contributed by atoms with Crippen LogP contribution in [-0.2, 0) is 20.9 Å². The highest BCUT2D eigenvalue weighted by Gasteiger charge is 1.98. The van der Waals surface area contributed by atoms with Gasteiger partial charge in [-0.3, -0.25) is 9.59 Å². The lowest BCUT2D eigenvalue weighted by Crippen LogP contribution is -2.01. The Bertz CT molecular complexity index is 316. The van der Waals surface area contributed by atoms with E-state index in [2.05, 4.69) is 4.74 Å². The van der Waals surface area contributed by atoms with Gasteiger partial charge in [-0.25, -0.2) is 0 Å². The third-order valence-electron chi connectivity index (χ3n) is 1.50.